The molecule has 0 bridgehead atoms. The molecular formula is C69H110O5. The molecule has 0 aliphatic heterocycles. The normalized spacial score (nSPS) is 13.4. The van der Waals surface area contributed by atoms with Gasteiger partial charge in [-0.15, -0.1) is 0 Å². The third-order valence-corrected chi connectivity index (χ3v) is 12.0. The molecule has 0 saturated carbocycles. The Labute approximate surface area is 456 Å². The highest BCUT2D eigenvalue weighted by molar-refractivity contribution is 5.70. The molecule has 0 radical (unpaired) electrons. The van der Waals surface area contributed by atoms with Gasteiger partial charge in [0.15, 0.2) is 6.10 Å². The van der Waals surface area contributed by atoms with Gasteiger partial charge in [0, 0.05) is 19.4 Å². The minimum Gasteiger partial charge on any atom is -0.462 e. The Bertz CT molecular complexity index is 1620. The monoisotopic (exact) mass is 1020 g/mol. The van der Waals surface area contributed by atoms with Crippen molar-refractivity contribution in [1.82, 2.24) is 0 Å². The Kier molecular flexibility index (Phi) is 59.0. The molecule has 0 amide bonds. The lowest BCUT2D eigenvalue weighted by Crippen LogP contribution is -2.30. The van der Waals surface area contributed by atoms with Gasteiger partial charge in [0.25, 0.3) is 0 Å². The van der Waals surface area contributed by atoms with Crippen molar-refractivity contribution in [3.8, 4) is 0 Å². The summed E-state index contributed by atoms with van der Waals surface area (Å²) in [5, 5.41) is 0. The van der Waals surface area contributed by atoms with E-state index in [4.69, 9.17) is 14.2 Å². The molecule has 0 aromatic carbocycles. The summed E-state index contributed by atoms with van der Waals surface area (Å²) in [4.78, 5) is 25.6. The van der Waals surface area contributed by atoms with Crippen molar-refractivity contribution >= 4 is 11.9 Å². The van der Waals surface area contributed by atoms with E-state index < -0.39 is 6.10 Å². The topological polar surface area (TPSA) is 61.8 Å². The largest absolute Gasteiger partial charge is 0.462 e. The van der Waals surface area contributed by atoms with Gasteiger partial charge in [-0.1, -0.05) is 249 Å². The first kappa shape index (κ1) is 69.5. The van der Waals surface area contributed by atoms with Gasteiger partial charge in [-0.2, -0.15) is 0 Å². The fourth-order valence-corrected chi connectivity index (χ4v) is 7.65. The molecule has 0 spiro atoms. The second-order valence-electron chi connectivity index (χ2n) is 19.1. The van der Waals surface area contributed by atoms with Gasteiger partial charge in [-0.3, -0.25) is 9.59 Å². The fraction of sp³-hybridized carbons (Fsp3) is 0.594. The Morgan fingerprint density at radius 1 is 0.311 bits per heavy atom. The van der Waals surface area contributed by atoms with Gasteiger partial charge in [-0.05, 0) is 135 Å². The summed E-state index contributed by atoms with van der Waals surface area (Å²) in [6, 6.07) is 0. The van der Waals surface area contributed by atoms with Crippen LogP contribution in [-0.2, 0) is 23.8 Å². The smallest absolute Gasteiger partial charge is 0.306 e. The summed E-state index contributed by atoms with van der Waals surface area (Å²) in [5.74, 6) is -0.522. The van der Waals surface area contributed by atoms with E-state index in [1.54, 1.807) is 0 Å². The van der Waals surface area contributed by atoms with Gasteiger partial charge < -0.3 is 14.2 Å². The number of ether oxygens (including phenoxy) is 3. The maximum Gasteiger partial charge on any atom is 0.306 e. The van der Waals surface area contributed by atoms with Crippen LogP contribution in [0.4, 0.5) is 0 Å². The van der Waals surface area contributed by atoms with E-state index >= 15 is 0 Å². The lowest BCUT2D eigenvalue weighted by Gasteiger charge is -2.18. The Balaban J connectivity index is 4.49. The molecule has 5 nitrogen and oxygen atoms in total. The van der Waals surface area contributed by atoms with Crippen molar-refractivity contribution in [2.24, 2.45) is 0 Å². The van der Waals surface area contributed by atoms with E-state index in [1.807, 2.05) is 6.08 Å². The third-order valence-electron chi connectivity index (χ3n) is 12.0. The summed E-state index contributed by atoms with van der Waals surface area (Å²) in [7, 11) is 0. The predicted octanol–water partition coefficient (Wildman–Crippen LogP) is 21.0. The number of esters is 2. The average Bonchev–Trinajstić information content (AvgIpc) is 3.40. The van der Waals surface area contributed by atoms with Crippen LogP contribution in [0.5, 0.6) is 0 Å². The SMILES string of the molecule is CC/C=C\C/C=C\C/C=C\C/C=C\C/C=C\C/C=C\CCC(=O)OCC(COCCCCCC/C=C\C/C=C\C/C=C\C/C=C\C/C=C\CC)OC(=O)CCCCCCCCCCC/C=C\C/C=C\CCCCC. The van der Waals surface area contributed by atoms with Crippen molar-refractivity contribution in [3.63, 3.8) is 0 Å². The molecule has 0 fully saturated rings. The first-order valence-corrected chi connectivity index (χ1v) is 30.0. The minimum absolute atomic E-state index is 0.0222. The molecule has 74 heavy (non-hydrogen) atoms. The van der Waals surface area contributed by atoms with E-state index in [9.17, 15) is 9.59 Å². The molecule has 0 aromatic rings. The van der Waals surface area contributed by atoms with E-state index in [0.29, 0.717) is 19.4 Å². The number of unbranched alkanes of at least 4 members (excludes halogenated alkanes) is 16. The first-order chi connectivity index (χ1) is 36.6. The predicted molar refractivity (Wildman–Crippen MR) is 324 cm³/mol. The molecule has 0 aliphatic carbocycles. The highest BCUT2D eigenvalue weighted by atomic mass is 16.6. The number of rotatable bonds is 53. The van der Waals surface area contributed by atoms with E-state index in [1.165, 1.54) is 70.6 Å². The number of allylic oxidation sites excluding steroid dienone is 26. The van der Waals surface area contributed by atoms with Crippen molar-refractivity contribution in [2.75, 3.05) is 19.8 Å². The summed E-state index contributed by atoms with van der Waals surface area (Å²) in [6.07, 6.45) is 92.8. The fourth-order valence-electron chi connectivity index (χ4n) is 7.65. The Hall–Kier alpha value is -4.48. The third kappa shape index (κ3) is 60.1. The average molecular weight is 1020 g/mol. The molecule has 0 saturated heterocycles. The molecule has 0 rings (SSSR count). The molecule has 0 aromatic heterocycles. The maximum absolute atomic E-state index is 12.9. The van der Waals surface area contributed by atoms with Gasteiger partial charge in [0.05, 0.1) is 6.61 Å². The molecule has 0 heterocycles. The maximum atomic E-state index is 12.9. The molecule has 5 heteroatoms. The van der Waals surface area contributed by atoms with Crippen LogP contribution in [0.3, 0.4) is 0 Å². The molecule has 416 valence electrons. The summed E-state index contributed by atoms with van der Waals surface area (Å²) in [6.45, 7) is 7.43. The van der Waals surface area contributed by atoms with Gasteiger partial charge in [0.1, 0.15) is 6.61 Å². The van der Waals surface area contributed by atoms with E-state index in [-0.39, 0.29) is 31.6 Å². The van der Waals surface area contributed by atoms with Crippen LogP contribution in [0.2, 0.25) is 0 Å². The van der Waals surface area contributed by atoms with Crippen molar-refractivity contribution < 1.29 is 23.8 Å². The van der Waals surface area contributed by atoms with E-state index in [0.717, 1.165) is 128 Å². The summed E-state index contributed by atoms with van der Waals surface area (Å²) in [5.41, 5.74) is 0. The van der Waals surface area contributed by atoms with Crippen LogP contribution in [-0.4, -0.2) is 37.9 Å². The zero-order chi connectivity index (χ0) is 53.4. The molecule has 0 N–H and O–H groups in total. The Morgan fingerprint density at radius 3 is 1.03 bits per heavy atom. The zero-order valence-electron chi connectivity index (χ0n) is 47.8. The van der Waals surface area contributed by atoms with Crippen molar-refractivity contribution in [2.45, 2.75) is 245 Å². The van der Waals surface area contributed by atoms with Crippen LogP contribution < -0.4 is 0 Å². The van der Waals surface area contributed by atoms with Crippen LogP contribution in [0.15, 0.2) is 158 Å². The lowest BCUT2D eigenvalue weighted by atomic mass is 10.1. The first-order valence-electron chi connectivity index (χ1n) is 30.0. The van der Waals surface area contributed by atoms with Crippen molar-refractivity contribution in [3.05, 3.63) is 158 Å². The van der Waals surface area contributed by atoms with Crippen molar-refractivity contribution in [1.29, 1.82) is 0 Å². The second kappa shape index (κ2) is 62.8. The van der Waals surface area contributed by atoms with Crippen LogP contribution in [0.1, 0.15) is 239 Å². The van der Waals surface area contributed by atoms with Gasteiger partial charge >= 0.3 is 11.9 Å². The van der Waals surface area contributed by atoms with Crippen LogP contribution >= 0.6 is 0 Å². The van der Waals surface area contributed by atoms with Crippen LogP contribution in [0.25, 0.3) is 0 Å². The molecule has 1 atom stereocenters. The zero-order valence-corrected chi connectivity index (χ0v) is 47.8. The molecule has 0 aliphatic rings. The number of carbonyl (C=O) groups excluding carboxylic acids is 2. The van der Waals surface area contributed by atoms with Gasteiger partial charge in [0.2, 0.25) is 0 Å². The van der Waals surface area contributed by atoms with Gasteiger partial charge in [-0.25, -0.2) is 0 Å². The molecular weight excluding hydrogens is 909 g/mol. The highest BCUT2D eigenvalue weighted by Crippen LogP contribution is 2.13. The summed E-state index contributed by atoms with van der Waals surface area (Å²) < 4.78 is 17.4. The van der Waals surface area contributed by atoms with Crippen LogP contribution in [0, 0.1) is 0 Å². The van der Waals surface area contributed by atoms with E-state index in [2.05, 4.69) is 173 Å². The number of hydrogen-bond acceptors (Lipinski definition) is 5. The Morgan fingerprint density at radius 2 is 0.635 bits per heavy atom. The quantitative estimate of drug-likeness (QED) is 0.0345. The summed E-state index contributed by atoms with van der Waals surface area (Å²) >= 11 is 0. The number of carbonyl (C=O) groups is 2. The second-order valence-corrected chi connectivity index (χ2v) is 19.1. The number of hydrogen-bond donors (Lipinski definition) is 0. The highest BCUT2D eigenvalue weighted by Gasteiger charge is 2.17. The minimum atomic E-state index is -0.597. The molecule has 1 unspecified atom stereocenters. The lowest BCUT2D eigenvalue weighted by molar-refractivity contribution is -0.162. The standard InChI is InChI=1S/C69H110O5/c1-4-7-10-13-16-19-22-25-28-31-34-37-40-43-46-49-52-55-58-61-64-72-65-67(74-69(71)63-60-57-54-51-48-45-42-39-36-33-30-27-24-21-18-15-12-9-6-3)66-73-68(70)62-59-56-53-50-47-44-41-38-35-32-29-26-23-20-17-14-11-8-5-2/h7-8,10-11,16-21,25-30,34-35,37-38,43-44,46-47,53,56,67H,4-6,9,12-15,22-24,31-33,36,39-42,45,48-52,54-55,57-66H2,1-3H3/b10-7-,11-8-,19-16-,20-17-,21-18-,28-25-,29-26-,30-27-,37-34-,38-35-,46-43-,47-44-,56-53-.